The third kappa shape index (κ3) is 2.86. The van der Waals surface area contributed by atoms with E-state index in [0.29, 0.717) is 24.0 Å². The molecule has 2 aliphatic rings. The first-order valence-electron chi connectivity index (χ1n) is 7.06. The van der Waals surface area contributed by atoms with Crippen LogP contribution in [0.25, 0.3) is 5.57 Å². The molecule has 0 spiro atoms. The number of hydrogen-bond acceptors (Lipinski definition) is 3. The Morgan fingerprint density at radius 2 is 1.86 bits per heavy atom. The normalized spacial score (nSPS) is 27.1. The molecule has 120 valence electrons. The highest BCUT2D eigenvalue weighted by molar-refractivity contribution is 7.93. The highest BCUT2D eigenvalue weighted by Crippen LogP contribution is 2.42. The Hall–Kier alpha value is -1.50. The first-order valence-corrected chi connectivity index (χ1v) is 8.67. The van der Waals surface area contributed by atoms with Gasteiger partial charge in [0.2, 0.25) is 0 Å². The number of rotatable bonds is 2. The van der Waals surface area contributed by atoms with Crippen LogP contribution >= 0.6 is 0 Å². The zero-order valence-electron chi connectivity index (χ0n) is 11.6. The van der Waals surface area contributed by atoms with Crippen LogP contribution in [0.3, 0.4) is 0 Å². The van der Waals surface area contributed by atoms with Crippen LogP contribution in [0.15, 0.2) is 30.3 Å². The van der Waals surface area contributed by atoms with Crippen molar-refractivity contribution in [2.24, 2.45) is 0 Å². The summed E-state index contributed by atoms with van der Waals surface area (Å²) in [6.45, 7) is 0. The lowest BCUT2D eigenvalue weighted by molar-refractivity contribution is -0.274. The highest BCUT2D eigenvalue weighted by Gasteiger charge is 2.41. The van der Waals surface area contributed by atoms with E-state index < -0.39 is 26.7 Å². The van der Waals surface area contributed by atoms with E-state index in [2.05, 4.69) is 4.74 Å². The third-order valence-corrected chi connectivity index (χ3v) is 6.74. The Morgan fingerprint density at radius 1 is 1.14 bits per heavy atom. The molecule has 2 atom stereocenters. The van der Waals surface area contributed by atoms with E-state index in [-0.39, 0.29) is 12.2 Å². The molecule has 1 aromatic carbocycles. The lowest BCUT2D eigenvalue weighted by Gasteiger charge is -2.33. The van der Waals surface area contributed by atoms with Crippen molar-refractivity contribution in [1.82, 2.24) is 0 Å². The second-order valence-corrected chi connectivity index (χ2v) is 8.07. The molecule has 1 fully saturated rings. The molecule has 0 amide bonds. The Kier molecular flexibility index (Phi) is 3.71. The SMILES string of the molecule is O=S1(=O)C2C=C(c3ccccc3OC(F)(F)F)CC1CCC2. The summed E-state index contributed by atoms with van der Waals surface area (Å²) in [6, 6.07) is 5.88. The molecule has 2 bridgehead atoms. The van der Waals surface area contributed by atoms with Crippen molar-refractivity contribution in [2.75, 3.05) is 0 Å². The van der Waals surface area contributed by atoms with Crippen LogP contribution in [0.5, 0.6) is 5.75 Å². The summed E-state index contributed by atoms with van der Waals surface area (Å²) in [5, 5.41) is -1.08. The quantitative estimate of drug-likeness (QED) is 0.829. The standard InChI is InChI=1S/C15H15F3O3S/c16-15(17,18)21-14-7-2-1-6-13(14)10-8-11-4-3-5-12(9-10)22(11,19)20/h1-2,6-8,11-12H,3-5,9H2. The van der Waals surface area contributed by atoms with Gasteiger partial charge in [-0.15, -0.1) is 13.2 Å². The van der Waals surface area contributed by atoms with Gasteiger partial charge in [-0.2, -0.15) is 0 Å². The van der Waals surface area contributed by atoms with Gasteiger partial charge in [0.05, 0.1) is 10.5 Å². The van der Waals surface area contributed by atoms with Gasteiger partial charge in [-0.3, -0.25) is 0 Å². The molecule has 1 aromatic rings. The van der Waals surface area contributed by atoms with Gasteiger partial charge in [0, 0.05) is 5.56 Å². The van der Waals surface area contributed by atoms with Crippen LogP contribution in [0, 0.1) is 0 Å². The molecule has 1 saturated heterocycles. The number of halogens is 3. The van der Waals surface area contributed by atoms with Gasteiger partial charge in [-0.1, -0.05) is 30.7 Å². The van der Waals surface area contributed by atoms with Crippen LogP contribution in [0.2, 0.25) is 0 Å². The average molecular weight is 332 g/mol. The van der Waals surface area contributed by atoms with Crippen molar-refractivity contribution in [1.29, 1.82) is 0 Å². The minimum atomic E-state index is -4.77. The first kappa shape index (κ1) is 15.4. The van der Waals surface area contributed by atoms with E-state index in [0.717, 1.165) is 6.42 Å². The largest absolute Gasteiger partial charge is 0.573 e. The third-order valence-electron chi connectivity index (χ3n) is 4.19. The summed E-state index contributed by atoms with van der Waals surface area (Å²) in [6.07, 6.45) is -0.990. The van der Waals surface area contributed by atoms with Crippen molar-refractivity contribution < 1.29 is 26.3 Å². The fourth-order valence-electron chi connectivity index (χ4n) is 3.20. The van der Waals surface area contributed by atoms with Crippen molar-refractivity contribution >= 4 is 15.4 Å². The number of alkyl halides is 3. The average Bonchev–Trinajstić information content (AvgIpc) is 2.36. The molecule has 0 N–H and O–H groups in total. The highest BCUT2D eigenvalue weighted by atomic mass is 32.2. The molecule has 0 aromatic heterocycles. The fraction of sp³-hybridized carbons (Fsp3) is 0.467. The summed E-state index contributed by atoms with van der Waals surface area (Å²) in [7, 11) is -3.19. The van der Waals surface area contributed by atoms with Gasteiger partial charge in [0.1, 0.15) is 5.75 Å². The maximum Gasteiger partial charge on any atom is 0.573 e. The van der Waals surface area contributed by atoms with Crippen LogP contribution < -0.4 is 4.74 Å². The summed E-state index contributed by atoms with van der Waals surface area (Å²) >= 11 is 0. The maximum atomic E-state index is 12.5. The number of allylic oxidation sites excluding steroid dienone is 1. The number of benzene rings is 1. The molecule has 2 unspecified atom stereocenters. The smallest absolute Gasteiger partial charge is 0.405 e. The molecular weight excluding hydrogens is 317 g/mol. The van der Waals surface area contributed by atoms with Crippen LogP contribution in [-0.2, 0) is 9.84 Å². The Balaban J connectivity index is 2.01. The van der Waals surface area contributed by atoms with E-state index in [1.807, 2.05) is 0 Å². The van der Waals surface area contributed by atoms with Gasteiger partial charge in [-0.05, 0) is 30.9 Å². The lowest BCUT2D eigenvalue weighted by atomic mass is 9.93. The van der Waals surface area contributed by atoms with E-state index in [1.165, 1.54) is 12.1 Å². The predicted molar refractivity (Wildman–Crippen MR) is 76.1 cm³/mol. The maximum absolute atomic E-state index is 12.5. The number of para-hydroxylation sites is 1. The molecule has 3 nitrogen and oxygen atoms in total. The molecule has 22 heavy (non-hydrogen) atoms. The van der Waals surface area contributed by atoms with Crippen molar-refractivity contribution in [3.05, 3.63) is 35.9 Å². The van der Waals surface area contributed by atoms with Gasteiger partial charge >= 0.3 is 6.36 Å². The van der Waals surface area contributed by atoms with E-state index in [1.54, 1.807) is 18.2 Å². The lowest BCUT2D eigenvalue weighted by Crippen LogP contribution is -2.38. The Morgan fingerprint density at radius 3 is 2.55 bits per heavy atom. The first-order chi connectivity index (χ1) is 10.3. The van der Waals surface area contributed by atoms with E-state index in [4.69, 9.17) is 0 Å². The minimum Gasteiger partial charge on any atom is -0.405 e. The Labute approximate surface area is 126 Å². The zero-order chi connectivity index (χ0) is 16.0. The van der Waals surface area contributed by atoms with E-state index in [9.17, 15) is 21.6 Å². The Bertz CT molecular complexity index is 707. The van der Waals surface area contributed by atoms with Crippen LogP contribution in [0.1, 0.15) is 31.2 Å². The topological polar surface area (TPSA) is 43.4 Å². The van der Waals surface area contributed by atoms with Crippen molar-refractivity contribution in [3.8, 4) is 5.75 Å². The predicted octanol–water partition coefficient (Wildman–Crippen LogP) is 3.71. The van der Waals surface area contributed by atoms with Gasteiger partial charge in [0.25, 0.3) is 0 Å². The molecule has 2 aliphatic heterocycles. The number of ether oxygens (including phenoxy) is 1. The summed E-state index contributed by atoms with van der Waals surface area (Å²) < 4.78 is 66.0. The zero-order valence-corrected chi connectivity index (χ0v) is 12.5. The number of hydrogen-bond donors (Lipinski definition) is 0. The monoisotopic (exact) mass is 332 g/mol. The second-order valence-electron chi connectivity index (χ2n) is 5.62. The molecule has 0 saturated carbocycles. The second kappa shape index (κ2) is 5.30. The van der Waals surface area contributed by atoms with Crippen LogP contribution in [0.4, 0.5) is 13.2 Å². The molecule has 0 aliphatic carbocycles. The molecule has 3 rings (SSSR count). The van der Waals surface area contributed by atoms with Crippen molar-refractivity contribution in [2.45, 2.75) is 42.5 Å². The number of sulfone groups is 1. The van der Waals surface area contributed by atoms with Crippen LogP contribution in [-0.4, -0.2) is 25.3 Å². The molecule has 2 heterocycles. The molecule has 0 radical (unpaired) electrons. The minimum absolute atomic E-state index is 0.247. The van der Waals surface area contributed by atoms with Gasteiger partial charge in [0.15, 0.2) is 9.84 Å². The molecule has 7 heteroatoms. The van der Waals surface area contributed by atoms with E-state index >= 15 is 0 Å². The fourth-order valence-corrected chi connectivity index (χ4v) is 5.45. The molecular formula is C15H15F3O3S. The van der Waals surface area contributed by atoms with Crippen molar-refractivity contribution in [3.63, 3.8) is 0 Å². The van der Waals surface area contributed by atoms with Gasteiger partial charge < -0.3 is 4.74 Å². The number of fused-ring (bicyclic) bond motifs is 2. The summed E-state index contributed by atoms with van der Waals surface area (Å²) in [5.74, 6) is -0.279. The van der Waals surface area contributed by atoms with Gasteiger partial charge in [-0.25, -0.2) is 8.42 Å². The summed E-state index contributed by atoms with van der Waals surface area (Å²) in [4.78, 5) is 0. The summed E-state index contributed by atoms with van der Waals surface area (Å²) in [5.41, 5.74) is 0.955.